The number of aromatic nitrogens is 4. The van der Waals surface area contributed by atoms with E-state index in [1.165, 1.54) is 16.6 Å². The summed E-state index contributed by atoms with van der Waals surface area (Å²) < 4.78 is 26.4. The van der Waals surface area contributed by atoms with Crippen LogP contribution < -0.4 is 14.8 Å². The van der Waals surface area contributed by atoms with Crippen molar-refractivity contribution in [2.75, 3.05) is 19.8 Å². The molecule has 0 saturated heterocycles. The van der Waals surface area contributed by atoms with Crippen LogP contribution in [0.25, 0.3) is 17.0 Å². The van der Waals surface area contributed by atoms with E-state index in [9.17, 15) is 9.18 Å². The van der Waals surface area contributed by atoms with E-state index in [0.717, 1.165) is 16.7 Å². The summed E-state index contributed by atoms with van der Waals surface area (Å²) in [4.78, 5) is 12.1. The zero-order valence-electron chi connectivity index (χ0n) is 18.6. The molecule has 0 bridgehead atoms. The Morgan fingerprint density at radius 3 is 2.73 bits per heavy atom. The number of nitrogens with zero attached hydrogens (tertiary/aromatic N) is 4. The maximum absolute atomic E-state index is 13.6. The van der Waals surface area contributed by atoms with E-state index in [1.54, 1.807) is 24.3 Å². The zero-order chi connectivity index (χ0) is 23.4. The highest BCUT2D eigenvalue weighted by atomic mass is 19.1. The highest BCUT2D eigenvalue weighted by molar-refractivity contribution is 5.77. The fourth-order valence-electron chi connectivity index (χ4n) is 3.35. The number of amides is 1. The van der Waals surface area contributed by atoms with Gasteiger partial charge >= 0.3 is 0 Å². The first-order valence-electron chi connectivity index (χ1n) is 10.5. The molecule has 170 valence electrons. The molecule has 4 rings (SSSR count). The van der Waals surface area contributed by atoms with E-state index in [0.29, 0.717) is 28.7 Å². The van der Waals surface area contributed by atoms with Crippen LogP contribution in [0.15, 0.2) is 48.5 Å². The normalized spacial score (nSPS) is 10.9. The molecule has 4 aromatic rings. The van der Waals surface area contributed by atoms with Crippen LogP contribution in [0.2, 0.25) is 0 Å². The molecular formula is C24H24FN5O3. The first kappa shape index (κ1) is 22.2. The van der Waals surface area contributed by atoms with Gasteiger partial charge in [-0.25, -0.2) is 4.39 Å². The van der Waals surface area contributed by atoms with Crippen molar-refractivity contribution < 1.29 is 18.7 Å². The average molecular weight is 449 g/mol. The Kier molecular flexibility index (Phi) is 6.48. The Bertz CT molecular complexity index is 1300. The molecule has 0 spiro atoms. The zero-order valence-corrected chi connectivity index (χ0v) is 18.6. The van der Waals surface area contributed by atoms with E-state index < -0.39 is 0 Å². The topological polar surface area (TPSA) is 90.6 Å². The Morgan fingerprint density at radius 2 is 1.91 bits per heavy atom. The van der Waals surface area contributed by atoms with Crippen molar-refractivity contribution in [1.82, 2.24) is 25.1 Å². The second-order valence-electron chi connectivity index (χ2n) is 7.67. The molecule has 8 nitrogen and oxygen atoms in total. The number of hydrogen-bond acceptors (Lipinski definition) is 6. The van der Waals surface area contributed by atoms with Crippen molar-refractivity contribution in [3.8, 4) is 23.0 Å². The van der Waals surface area contributed by atoms with Gasteiger partial charge in [0, 0.05) is 11.6 Å². The van der Waals surface area contributed by atoms with Gasteiger partial charge in [0.05, 0.1) is 6.54 Å². The minimum atomic E-state index is -0.371. The molecule has 2 aromatic heterocycles. The molecule has 1 N–H and O–H groups in total. The predicted molar refractivity (Wildman–Crippen MR) is 121 cm³/mol. The minimum absolute atomic E-state index is 0.0777. The van der Waals surface area contributed by atoms with Gasteiger partial charge in [0.1, 0.15) is 18.2 Å². The summed E-state index contributed by atoms with van der Waals surface area (Å²) in [7, 11) is 0. The molecule has 0 fully saturated rings. The van der Waals surface area contributed by atoms with E-state index in [4.69, 9.17) is 9.47 Å². The predicted octanol–water partition coefficient (Wildman–Crippen LogP) is 3.43. The van der Waals surface area contributed by atoms with Crippen LogP contribution in [0, 0.1) is 26.6 Å². The second kappa shape index (κ2) is 9.64. The van der Waals surface area contributed by atoms with Gasteiger partial charge in [-0.15, -0.1) is 15.3 Å². The van der Waals surface area contributed by atoms with E-state index >= 15 is 0 Å². The van der Waals surface area contributed by atoms with Crippen molar-refractivity contribution in [3.63, 3.8) is 0 Å². The van der Waals surface area contributed by atoms with E-state index in [-0.39, 0.29) is 31.5 Å². The summed E-state index contributed by atoms with van der Waals surface area (Å²) in [5, 5.41) is 15.3. The van der Waals surface area contributed by atoms with Gasteiger partial charge in [-0.05, 0) is 61.7 Å². The lowest BCUT2D eigenvalue weighted by atomic mass is 10.1. The highest BCUT2D eigenvalue weighted by Crippen LogP contribution is 2.23. The molecule has 0 radical (unpaired) electrons. The Hall–Kier alpha value is -4.01. The van der Waals surface area contributed by atoms with Crippen LogP contribution in [-0.4, -0.2) is 45.5 Å². The summed E-state index contributed by atoms with van der Waals surface area (Å²) in [6.45, 7) is 6.39. The maximum atomic E-state index is 13.6. The Morgan fingerprint density at radius 1 is 1.06 bits per heavy atom. The van der Waals surface area contributed by atoms with Gasteiger partial charge < -0.3 is 14.8 Å². The van der Waals surface area contributed by atoms with Crippen molar-refractivity contribution in [2.45, 2.75) is 20.8 Å². The maximum Gasteiger partial charge on any atom is 0.258 e. The number of nitrogens with one attached hydrogen (secondary N) is 1. The highest BCUT2D eigenvalue weighted by Gasteiger charge is 2.12. The lowest BCUT2D eigenvalue weighted by Gasteiger charge is -2.12. The third-order valence-corrected chi connectivity index (χ3v) is 5.12. The lowest BCUT2D eigenvalue weighted by molar-refractivity contribution is -0.123. The van der Waals surface area contributed by atoms with Crippen molar-refractivity contribution >= 4 is 11.6 Å². The SMILES string of the molecule is Cc1cc(C)c(C)c(OCC(=O)NCCOc2ccc3nnc(-c4cccc(F)c4)n3n2)c1. The monoisotopic (exact) mass is 449 g/mol. The van der Waals surface area contributed by atoms with Crippen molar-refractivity contribution in [2.24, 2.45) is 0 Å². The number of ether oxygens (including phenoxy) is 2. The third-order valence-electron chi connectivity index (χ3n) is 5.12. The van der Waals surface area contributed by atoms with E-state index in [1.807, 2.05) is 26.8 Å². The molecule has 1 amide bonds. The first-order valence-corrected chi connectivity index (χ1v) is 10.5. The smallest absolute Gasteiger partial charge is 0.258 e. The third kappa shape index (κ3) is 5.25. The fraction of sp³-hybridized carbons (Fsp3) is 0.250. The molecule has 0 aliphatic carbocycles. The molecule has 33 heavy (non-hydrogen) atoms. The van der Waals surface area contributed by atoms with Crippen LogP contribution in [0.5, 0.6) is 11.6 Å². The van der Waals surface area contributed by atoms with Gasteiger partial charge in [-0.3, -0.25) is 4.79 Å². The van der Waals surface area contributed by atoms with Crippen LogP contribution in [0.1, 0.15) is 16.7 Å². The molecule has 0 saturated carbocycles. The van der Waals surface area contributed by atoms with Crippen LogP contribution >= 0.6 is 0 Å². The van der Waals surface area contributed by atoms with Crippen LogP contribution in [-0.2, 0) is 4.79 Å². The number of hydrogen-bond donors (Lipinski definition) is 1. The number of benzene rings is 2. The van der Waals surface area contributed by atoms with Crippen LogP contribution in [0.4, 0.5) is 4.39 Å². The Balaban J connectivity index is 1.30. The fourth-order valence-corrected chi connectivity index (χ4v) is 3.35. The molecular weight excluding hydrogens is 425 g/mol. The standard InChI is InChI=1S/C24H24FN5O3/c1-15-11-16(2)17(3)20(12-15)33-14-22(31)26-9-10-32-23-8-7-21-27-28-24(30(21)29-23)18-5-4-6-19(25)13-18/h4-8,11-13H,9-10,14H2,1-3H3,(H,26,31). The van der Waals surface area contributed by atoms with Gasteiger partial charge in [0.2, 0.25) is 5.88 Å². The average Bonchev–Trinajstić information content (AvgIpc) is 3.21. The second-order valence-corrected chi connectivity index (χ2v) is 7.67. The number of aryl methyl sites for hydroxylation is 2. The van der Waals surface area contributed by atoms with Crippen molar-refractivity contribution in [3.05, 3.63) is 71.0 Å². The number of halogens is 1. The van der Waals surface area contributed by atoms with Gasteiger partial charge in [-0.2, -0.15) is 4.52 Å². The summed E-state index contributed by atoms with van der Waals surface area (Å²) >= 11 is 0. The summed E-state index contributed by atoms with van der Waals surface area (Å²) in [6.07, 6.45) is 0. The van der Waals surface area contributed by atoms with Crippen LogP contribution in [0.3, 0.4) is 0 Å². The van der Waals surface area contributed by atoms with Gasteiger partial charge in [-0.1, -0.05) is 18.2 Å². The number of fused-ring (bicyclic) bond motifs is 1. The summed E-state index contributed by atoms with van der Waals surface area (Å²) in [5.74, 6) is 0.828. The van der Waals surface area contributed by atoms with Gasteiger partial charge in [0.25, 0.3) is 5.91 Å². The molecule has 0 aliphatic rings. The molecule has 2 aromatic carbocycles. The number of rotatable bonds is 8. The number of carbonyl (C=O) groups excluding carboxylic acids is 1. The largest absolute Gasteiger partial charge is 0.483 e. The molecule has 0 atom stereocenters. The van der Waals surface area contributed by atoms with E-state index in [2.05, 4.69) is 26.7 Å². The number of carbonyl (C=O) groups is 1. The molecule has 0 unspecified atom stereocenters. The molecule has 9 heteroatoms. The summed E-state index contributed by atoms with van der Waals surface area (Å²) in [6, 6.07) is 13.4. The first-order chi connectivity index (χ1) is 15.9. The molecule has 2 heterocycles. The lowest BCUT2D eigenvalue weighted by Crippen LogP contribution is -2.32. The minimum Gasteiger partial charge on any atom is -0.483 e. The molecule has 0 aliphatic heterocycles. The van der Waals surface area contributed by atoms with Gasteiger partial charge in [0.15, 0.2) is 18.1 Å². The Labute approximate surface area is 190 Å². The quantitative estimate of drug-likeness (QED) is 0.415. The van der Waals surface area contributed by atoms with Crippen molar-refractivity contribution in [1.29, 1.82) is 0 Å². The summed E-state index contributed by atoms with van der Waals surface area (Å²) in [5.41, 5.74) is 4.29.